The molecule has 0 saturated heterocycles. The molecule has 216 valence electrons. The van der Waals surface area contributed by atoms with E-state index in [9.17, 15) is 33.2 Å². The van der Waals surface area contributed by atoms with Crippen LogP contribution in [0.15, 0.2) is 42.6 Å². The lowest BCUT2D eigenvalue weighted by Gasteiger charge is -2.34. The smallest absolute Gasteiger partial charge is 0.305 e. The van der Waals surface area contributed by atoms with Crippen LogP contribution in [0.1, 0.15) is 68.4 Å². The minimum absolute atomic E-state index is 0.00810. The molecule has 1 aromatic heterocycles. The summed E-state index contributed by atoms with van der Waals surface area (Å²) in [6.07, 6.45) is 1.25. The van der Waals surface area contributed by atoms with Crippen LogP contribution in [0.25, 0.3) is 0 Å². The molecular weight excluding hydrogens is 554 g/mol. The fraction of sp³-hybridized carbons (Fsp3) is 0.333. The monoisotopic (exact) mass is 583 g/mol. The number of ether oxygens (including phenoxy) is 1. The first-order valence-electron chi connectivity index (χ1n) is 12.8. The predicted octanol–water partition coefficient (Wildman–Crippen LogP) is 1.84. The van der Waals surface area contributed by atoms with E-state index < -0.39 is 49.4 Å². The van der Waals surface area contributed by atoms with E-state index in [0.717, 1.165) is 15.6 Å². The number of nitro groups is 1. The van der Waals surface area contributed by atoms with E-state index in [-0.39, 0.29) is 41.6 Å². The number of nitrogens with one attached hydrogen (secondary N) is 2. The Balaban J connectivity index is 1.74. The second-order valence-electron chi connectivity index (χ2n) is 10.4. The molecule has 2 aliphatic rings. The van der Waals surface area contributed by atoms with Gasteiger partial charge in [-0.05, 0) is 42.5 Å². The first-order valence-corrected chi connectivity index (χ1v) is 14.2. The SMILES string of the molecule is Cc1cn(S(=O)(=O)NCCN)c(C(=O)NC23C(=O)c4cccc([N+](=O)[O-])c4C2(O)Oc2cc(C(C)C)ccc23)c1C. The molecule has 5 N–H and O–H groups in total. The Morgan fingerprint density at radius 3 is 2.59 bits per heavy atom. The van der Waals surface area contributed by atoms with Crippen molar-refractivity contribution in [2.45, 2.75) is 44.9 Å². The number of rotatable bonds is 8. The van der Waals surface area contributed by atoms with Crippen LogP contribution in [-0.2, 0) is 21.5 Å². The summed E-state index contributed by atoms with van der Waals surface area (Å²) in [7, 11) is -4.28. The second kappa shape index (κ2) is 9.48. The van der Waals surface area contributed by atoms with E-state index in [0.29, 0.717) is 11.1 Å². The van der Waals surface area contributed by atoms with Gasteiger partial charge in [0.05, 0.1) is 4.92 Å². The fourth-order valence-corrected chi connectivity index (χ4v) is 6.78. The zero-order valence-corrected chi connectivity index (χ0v) is 23.5. The highest BCUT2D eigenvalue weighted by atomic mass is 32.2. The topological polar surface area (TPSA) is 196 Å². The normalized spacial score (nSPS) is 20.9. The van der Waals surface area contributed by atoms with Gasteiger partial charge in [0, 0.05) is 36.5 Å². The number of ketones is 1. The van der Waals surface area contributed by atoms with Crippen molar-refractivity contribution in [1.29, 1.82) is 0 Å². The number of Topliss-reactive ketones (excluding diaryl/α,β-unsaturated/α-hetero) is 1. The van der Waals surface area contributed by atoms with Crippen LogP contribution in [0.3, 0.4) is 0 Å². The number of nitrogens with two attached hydrogens (primary N) is 1. The Morgan fingerprint density at radius 1 is 1.24 bits per heavy atom. The minimum Gasteiger partial charge on any atom is -0.454 e. The van der Waals surface area contributed by atoms with Crippen molar-refractivity contribution in [2.24, 2.45) is 5.73 Å². The van der Waals surface area contributed by atoms with E-state index >= 15 is 0 Å². The molecular formula is C27H29N5O8S. The molecule has 1 aliphatic heterocycles. The van der Waals surface area contributed by atoms with Gasteiger partial charge in [-0.1, -0.05) is 38.1 Å². The number of amides is 1. The quantitative estimate of drug-likeness (QED) is 0.226. The summed E-state index contributed by atoms with van der Waals surface area (Å²) in [6.45, 7) is 6.90. The van der Waals surface area contributed by atoms with Crippen molar-refractivity contribution in [3.63, 3.8) is 0 Å². The first kappa shape index (κ1) is 28.4. The standard InChI is InChI=1S/C27H29N5O8S/c1-14(2)17-8-9-19-21(12-17)40-27(35)22-18(6-5-7-20(22)32(36)37)24(33)26(19,27)30-25(34)23-16(4)15(3)13-31(23)41(38,39)29-11-10-28/h5-9,12-14,29,35H,10-11,28H2,1-4H3,(H,30,34). The largest absolute Gasteiger partial charge is 0.454 e. The van der Waals surface area contributed by atoms with E-state index in [4.69, 9.17) is 10.5 Å². The van der Waals surface area contributed by atoms with Crippen LogP contribution >= 0.6 is 0 Å². The molecule has 2 aromatic carbocycles. The van der Waals surface area contributed by atoms with Gasteiger partial charge < -0.3 is 20.9 Å². The van der Waals surface area contributed by atoms with Crippen molar-refractivity contribution in [3.05, 3.63) is 91.8 Å². The van der Waals surface area contributed by atoms with Crippen molar-refractivity contribution in [2.75, 3.05) is 13.1 Å². The number of aryl methyl sites for hydroxylation is 1. The lowest BCUT2D eigenvalue weighted by Crippen LogP contribution is -2.60. The second-order valence-corrected chi connectivity index (χ2v) is 12.0. The van der Waals surface area contributed by atoms with Crippen LogP contribution in [0.5, 0.6) is 5.75 Å². The van der Waals surface area contributed by atoms with E-state index in [1.54, 1.807) is 19.1 Å². The van der Waals surface area contributed by atoms with Gasteiger partial charge in [0.25, 0.3) is 17.4 Å². The van der Waals surface area contributed by atoms with Gasteiger partial charge in [-0.3, -0.25) is 19.7 Å². The van der Waals surface area contributed by atoms with Crippen LogP contribution < -0.4 is 20.5 Å². The molecule has 3 aromatic rings. The molecule has 13 nitrogen and oxygen atoms in total. The molecule has 0 spiro atoms. The summed E-state index contributed by atoms with van der Waals surface area (Å²) >= 11 is 0. The Morgan fingerprint density at radius 2 is 1.95 bits per heavy atom. The Kier molecular flexibility index (Phi) is 6.57. The molecule has 14 heteroatoms. The molecule has 1 amide bonds. The van der Waals surface area contributed by atoms with Gasteiger partial charge in [-0.25, -0.2) is 3.97 Å². The number of nitrogens with zero attached hydrogens (tertiary/aromatic N) is 2. The first-order chi connectivity index (χ1) is 19.2. The number of hydrogen-bond acceptors (Lipinski definition) is 9. The lowest BCUT2D eigenvalue weighted by molar-refractivity contribution is -0.388. The summed E-state index contributed by atoms with van der Waals surface area (Å²) in [5.41, 5.74) is 3.19. The number of benzene rings is 2. The molecule has 41 heavy (non-hydrogen) atoms. The molecule has 0 fully saturated rings. The molecule has 0 bridgehead atoms. The Bertz CT molecular complexity index is 1750. The third-order valence-corrected chi connectivity index (χ3v) is 9.06. The number of hydrogen-bond donors (Lipinski definition) is 4. The van der Waals surface area contributed by atoms with E-state index in [1.807, 2.05) is 13.8 Å². The van der Waals surface area contributed by atoms with Crippen LogP contribution in [-0.4, -0.2) is 47.2 Å². The average molecular weight is 584 g/mol. The molecule has 0 saturated carbocycles. The highest BCUT2D eigenvalue weighted by Crippen LogP contribution is 2.60. The number of fused-ring (bicyclic) bond motifs is 5. The molecule has 2 heterocycles. The summed E-state index contributed by atoms with van der Waals surface area (Å²) in [5.74, 6) is -4.51. The summed E-state index contributed by atoms with van der Waals surface area (Å²) < 4.78 is 35.2. The summed E-state index contributed by atoms with van der Waals surface area (Å²) in [6, 6.07) is 8.56. The molecule has 0 radical (unpaired) electrons. The highest BCUT2D eigenvalue weighted by molar-refractivity contribution is 7.88. The minimum atomic E-state index is -4.28. The lowest BCUT2D eigenvalue weighted by atomic mass is 9.82. The van der Waals surface area contributed by atoms with Gasteiger partial charge in [0.1, 0.15) is 17.0 Å². The maximum atomic E-state index is 14.2. The van der Waals surface area contributed by atoms with Crippen molar-refractivity contribution < 1.29 is 32.8 Å². The molecule has 5 rings (SSSR count). The van der Waals surface area contributed by atoms with Gasteiger partial charge in [0.2, 0.25) is 11.3 Å². The number of carbonyl (C=O) groups excluding carboxylic acids is 2. The molecule has 2 unspecified atom stereocenters. The maximum Gasteiger partial charge on any atom is 0.305 e. The van der Waals surface area contributed by atoms with Gasteiger partial charge in [-0.2, -0.15) is 13.1 Å². The third-order valence-electron chi connectivity index (χ3n) is 7.69. The molecule has 2 atom stereocenters. The maximum absolute atomic E-state index is 14.2. The third kappa shape index (κ3) is 3.89. The van der Waals surface area contributed by atoms with Crippen molar-refractivity contribution >= 4 is 27.6 Å². The fourth-order valence-electron chi connectivity index (χ4n) is 5.51. The number of aromatic nitrogens is 1. The van der Waals surface area contributed by atoms with Gasteiger partial charge in [0.15, 0.2) is 0 Å². The zero-order chi connectivity index (χ0) is 30.1. The van der Waals surface area contributed by atoms with Crippen LogP contribution in [0, 0.1) is 24.0 Å². The van der Waals surface area contributed by atoms with Crippen molar-refractivity contribution in [3.8, 4) is 5.75 Å². The van der Waals surface area contributed by atoms with Gasteiger partial charge >= 0.3 is 10.2 Å². The van der Waals surface area contributed by atoms with E-state index in [2.05, 4.69) is 10.0 Å². The molecule has 1 aliphatic carbocycles. The van der Waals surface area contributed by atoms with E-state index in [1.165, 1.54) is 31.3 Å². The number of carbonyl (C=O) groups is 2. The van der Waals surface area contributed by atoms with Crippen LogP contribution in [0.2, 0.25) is 0 Å². The van der Waals surface area contributed by atoms with Gasteiger partial charge in [-0.15, -0.1) is 0 Å². The number of aliphatic hydroxyl groups is 1. The number of nitro benzene ring substituents is 1. The summed E-state index contributed by atoms with van der Waals surface area (Å²) in [5, 5.41) is 26.8. The zero-order valence-electron chi connectivity index (χ0n) is 22.7. The average Bonchev–Trinajstić information content (AvgIpc) is 3.43. The predicted molar refractivity (Wildman–Crippen MR) is 147 cm³/mol. The van der Waals surface area contributed by atoms with Crippen LogP contribution in [0.4, 0.5) is 5.69 Å². The highest BCUT2D eigenvalue weighted by Gasteiger charge is 2.73. The Labute approximate surface area is 235 Å². The Hall–Kier alpha value is -4.11. The summed E-state index contributed by atoms with van der Waals surface area (Å²) in [4.78, 5) is 39.5. The van der Waals surface area contributed by atoms with Crippen molar-refractivity contribution in [1.82, 2.24) is 14.0 Å².